The molecular formula is C13H16IN3O3. The van der Waals surface area contributed by atoms with Gasteiger partial charge in [-0.1, -0.05) is 18.0 Å². The zero-order valence-electron chi connectivity index (χ0n) is 10.8. The Morgan fingerprint density at radius 1 is 1.40 bits per heavy atom. The van der Waals surface area contributed by atoms with Gasteiger partial charge in [-0.15, -0.1) is 0 Å². The molecule has 2 rings (SSSR count). The first kappa shape index (κ1) is 14.9. The second-order valence-corrected chi connectivity index (χ2v) is 6.14. The van der Waals surface area contributed by atoms with Gasteiger partial charge in [-0.3, -0.25) is 4.79 Å². The minimum absolute atomic E-state index is 0.00784. The summed E-state index contributed by atoms with van der Waals surface area (Å²) in [6.07, 6.45) is 3.04. The molecule has 1 saturated carbocycles. The van der Waals surface area contributed by atoms with Crippen molar-refractivity contribution in [1.82, 2.24) is 5.32 Å². The van der Waals surface area contributed by atoms with Gasteiger partial charge in [0.1, 0.15) is 11.3 Å². The van der Waals surface area contributed by atoms with Crippen molar-refractivity contribution in [1.29, 1.82) is 0 Å². The monoisotopic (exact) mass is 389 g/mol. The third-order valence-electron chi connectivity index (χ3n) is 3.61. The Morgan fingerprint density at radius 3 is 2.65 bits per heavy atom. The van der Waals surface area contributed by atoms with E-state index in [9.17, 15) is 9.90 Å². The largest absolute Gasteiger partial charge is 0.507 e. The fraction of sp³-hybridized carbons (Fsp3) is 0.385. The fourth-order valence-corrected chi connectivity index (χ4v) is 2.99. The predicted octanol–water partition coefficient (Wildman–Crippen LogP) is 1.79. The molecule has 1 aliphatic rings. The van der Waals surface area contributed by atoms with E-state index in [1.54, 1.807) is 12.1 Å². The van der Waals surface area contributed by atoms with Crippen LogP contribution in [-0.4, -0.2) is 27.6 Å². The maximum absolute atomic E-state index is 12.3. The summed E-state index contributed by atoms with van der Waals surface area (Å²) in [6, 6.07) is 4.78. The summed E-state index contributed by atoms with van der Waals surface area (Å²) in [6.45, 7) is 0. The number of amidine groups is 1. The highest BCUT2D eigenvalue weighted by molar-refractivity contribution is 14.1. The van der Waals surface area contributed by atoms with Crippen molar-refractivity contribution in [3.05, 3.63) is 27.3 Å². The van der Waals surface area contributed by atoms with Crippen molar-refractivity contribution in [3.8, 4) is 5.75 Å². The van der Waals surface area contributed by atoms with Gasteiger partial charge in [-0.2, -0.15) is 0 Å². The van der Waals surface area contributed by atoms with Gasteiger partial charge in [-0.25, -0.2) is 0 Å². The van der Waals surface area contributed by atoms with Gasteiger partial charge in [-0.05, 0) is 53.6 Å². The van der Waals surface area contributed by atoms with E-state index in [4.69, 9.17) is 10.9 Å². The van der Waals surface area contributed by atoms with E-state index in [-0.39, 0.29) is 17.1 Å². The molecule has 108 valence electrons. The predicted molar refractivity (Wildman–Crippen MR) is 82.9 cm³/mol. The molecule has 1 aliphatic carbocycles. The molecular weight excluding hydrogens is 373 g/mol. The summed E-state index contributed by atoms with van der Waals surface area (Å²) in [5, 5.41) is 24.5. The van der Waals surface area contributed by atoms with Crippen LogP contribution in [0.5, 0.6) is 5.75 Å². The van der Waals surface area contributed by atoms with Crippen LogP contribution in [0.4, 0.5) is 0 Å². The lowest BCUT2D eigenvalue weighted by Crippen LogP contribution is -2.55. The number of halogens is 1. The standard InChI is InChI=1S/C13H16IN3O3/c14-8-3-4-10(18)9(7-8)11(19)16-13(12(15)17-20)5-1-2-6-13/h3-4,7,18,20H,1-2,5-6H2,(H2,15,17)(H,16,19). The molecule has 20 heavy (non-hydrogen) atoms. The minimum atomic E-state index is -0.820. The number of phenolic OH excluding ortho intramolecular Hbond substituents is 1. The Bertz CT molecular complexity index is 554. The summed E-state index contributed by atoms with van der Waals surface area (Å²) in [7, 11) is 0. The molecule has 5 N–H and O–H groups in total. The third kappa shape index (κ3) is 2.82. The SMILES string of the molecule is N/C(=N/O)C1(NC(=O)c2cc(I)ccc2O)CCCC1. The first-order valence-corrected chi connectivity index (χ1v) is 7.35. The van der Waals surface area contributed by atoms with Crippen molar-refractivity contribution >= 4 is 34.3 Å². The number of benzene rings is 1. The number of carbonyl (C=O) groups is 1. The molecule has 1 fully saturated rings. The van der Waals surface area contributed by atoms with Crippen molar-refractivity contribution in [2.45, 2.75) is 31.2 Å². The second-order valence-electron chi connectivity index (χ2n) is 4.89. The lowest BCUT2D eigenvalue weighted by atomic mass is 9.95. The number of nitrogens with two attached hydrogens (primary N) is 1. The fourth-order valence-electron chi connectivity index (χ4n) is 2.49. The van der Waals surface area contributed by atoms with Crippen LogP contribution in [-0.2, 0) is 0 Å². The molecule has 7 heteroatoms. The van der Waals surface area contributed by atoms with Gasteiger partial charge in [0.25, 0.3) is 5.91 Å². The summed E-state index contributed by atoms with van der Waals surface area (Å²) in [4.78, 5) is 12.3. The van der Waals surface area contributed by atoms with E-state index >= 15 is 0 Å². The smallest absolute Gasteiger partial charge is 0.255 e. The van der Waals surface area contributed by atoms with Crippen LogP contribution in [0.3, 0.4) is 0 Å². The van der Waals surface area contributed by atoms with Crippen molar-refractivity contribution in [2.24, 2.45) is 10.9 Å². The number of rotatable bonds is 3. The topological polar surface area (TPSA) is 108 Å². The van der Waals surface area contributed by atoms with Crippen LogP contribution < -0.4 is 11.1 Å². The highest BCUT2D eigenvalue weighted by Crippen LogP contribution is 2.31. The van der Waals surface area contributed by atoms with E-state index < -0.39 is 11.4 Å². The summed E-state index contributed by atoms with van der Waals surface area (Å²) < 4.78 is 0.842. The van der Waals surface area contributed by atoms with Crippen LogP contribution in [0.15, 0.2) is 23.4 Å². The van der Waals surface area contributed by atoms with Gasteiger partial charge in [0.2, 0.25) is 0 Å². The second kappa shape index (κ2) is 5.86. The summed E-state index contributed by atoms with van der Waals surface area (Å²) >= 11 is 2.06. The lowest BCUT2D eigenvalue weighted by molar-refractivity contribution is 0.0920. The van der Waals surface area contributed by atoms with Gasteiger partial charge in [0.05, 0.1) is 5.56 Å². The highest BCUT2D eigenvalue weighted by atomic mass is 127. The summed E-state index contributed by atoms with van der Waals surface area (Å²) in [5.74, 6) is -0.501. The number of phenols is 1. The first-order valence-electron chi connectivity index (χ1n) is 6.27. The molecule has 0 unspecified atom stereocenters. The average Bonchev–Trinajstić information content (AvgIpc) is 2.90. The Labute approximate surface area is 130 Å². The number of hydrogen-bond acceptors (Lipinski definition) is 4. The molecule has 0 aromatic heterocycles. The third-order valence-corrected chi connectivity index (χ3v) is 4.28. The molecule has 6 nitrogen and oxygen atoms in total. The number of oxime groups is 1. The number of carbonyl (C=O) groups excluding carboxylic acids is 1. The van der Waals surface area contributed by atoms with Gasteiger partial charge in [0, 0.05) is 3.57 Å². The molecule has 1 aromatic carbocycles. The van der Waals surface area contributed by atoms with E-state index in [2.05, 4.69) is 33.1 Å². The van der Waals surface area contributed by atoms with Crippen LogP contribution in [0.1, 0.15) is 36.0 Å². The van der Waals surface area contributed by atoms with E-state index in [0.29, 0.717) is 12.8 Å². The molecule has 0 saturated heterocycles. The Balaban J connectivity index is 2.27. The normalized spacial score (nSPS) is 17.9. The molecule has 0 aliphatic heterocycles. The molecule has 1 amide bonds. The van der Waals surface area contributed by atoms with E-state index in [0.717, 1.165) is 16.4 Å². The molecule has 0 bridgehead atoms. The molecule has 0 atom stereocenters. The van der Waals surface area contributed by atoms with E-state index in [1.165, 1.54) is 6.07 Å². The van der Waals surface area contributed by atoms with Crippen LogP contribution >= 0.6 is 22.6 Å². The maximum atomic E-state index is 12.3. The number of aromatic hydroxyl groups is 1. The molecule has 0 heterocycles. The van der Waals surface area contributed by atoms with Crippen molar-refractivity contribution in [3.63, 3.8) is 0 Å². The van der Waals surface area contributed by atoms with Gasteiger partial charge < -0.3 is 21.4 Å². The number of nitrogens with zero attached hydrogens (tertiary/aromatic N) is 1. The molecule has 0 radical (unpaired) electrons. The Kier molecular flexibility index (Phi) is 4.36. The first-order chi connectivity index (χ1) is 9.48. The van der Waals surface area contributed by atoms with Crippen LogP contribution in [0.25, 0.3) is 0 Å². The Morgan fingerprint density at radius 2 is 2.05 bits per heavy atom. The molecule has 1 aromatic rings. The van der Waals surface area contributed by atoms with Crippen molar-refractivity contribution in [2.75, 3.05) is 0 Å². The Hall–Kier alpha value is -1.51. The molecule has 0 spiro atoms. The lowest BCUT2D eigenvalue weighted by Gasteiger charge is -2.28. The van der Waals surface area contributed by atoms with Crippen LogP contribution in [0.2, 0.25) is 0 Å². The zero-order valence-corrected chi connectivity index (χ0v) is 12.9. The van der Waals surface area contributed by atoms with Gasteiger partial charge in [0.15, 0.2) is 5.84 Å². The quantitative estimate of drug-likeness (QED) is 0.208. The number of nitrogens with one attached hydrogen (secondary N) is 1. The zero-order chi connectivity index (χ0) is 14.8. The number of amides is 1. The average molecular weight is 389 g/mol. The number of hydrogen-bond donors (Lipinski definition) is 4. The van der Waals surface area contributed by atoms with Gasteiger partial charge >= 0.3 is 0 Å². The minimum Gasteiger partial charge on any atom is -0.507 e. The summed E-state index contributed by atoms with van der Waals surface area (Å²) in [5.41, 5.74) is 5.10. The highest BCUT2D eigenvalue weighted by Gasteiger charge is 2.40. The van der Waals surface area contributed by atoms with Crippen molar-refractivity contribution < 1.29 is 15.1 Å². The van der Waals surface area contributed by atoms with E-state index in [1.807, 2.05) is 0 Å². The van der Waals surface area contributed by atoms with Crippen LogP contribution in [0, 0.1) is 3.57 Å². The maximum Gasteiger partial charge on any atom is 0.255 e.